The Hall–Kier alpha value is -1.83. The van der Waals surface area contributed by atoms with Gasteiger partial charge in [-0.1, -0.05) is 12.8 Å². The SMILES string of the molecule is CS(=O)(=O)NCc1csc2c1S(=O)(=O)N=C(C1C(=O)[C@@H]3[C@H]4CC[C@H](C4)[C@@H]3N(CCC3CC3)C1=O)N2. The quantitative estimate of drug-likeness (QED) is 0.500. The number of carbonyl (C=O) groups is 2. The van der Waals surface area contributed by atoms with E-state index in [1.807, 2.05) is 4.90 Å². The number of nitrogens with one attached hydrogen (secondary N) is 2. The summed E-state index contributed by atoms with van der Waals surface area (Å²) in [5.41, 5.74) is 0.270. The van der Waals surface area contributed by atoms with Crippen molar-refractivity contribution in [1.29, 1.82) is 0 Å². The maximum Gasteiger partial charge on any atom is 0.287 e. The average Bonchev–Trinajstić information content (AvgIpc) is 3.16. The molecule has 1 amide bonds. The molecule has 190 valence electrons. The van der Waals surface area contributed by atoms with Gasteiger partial charge in [-0.25, -0.2) is 13.1 Å². The molecule has 2 N–H and O–H groups in total. The van der Waals surface area contributed by atoms with Crippen LogP contribution in [0.25, 0.3) is 0 Å². The number of Topliss-reactive ketones (excluding diaryl/α,β-unsaturated/α-hetero) is 1. The fourth-order valence-corrected chi connectivity index (χ4v) is 9.56. The van der Waals surface area contributed by atoms with Crippen molar-refractivity contribution in [2.75, 3.05) is 18.1 Å². The molecule has 2 bridgehead atoms. The highest BCUT2D eigenvalue weighted by molar-refractivity contribution is 7.91. The predicted molar refractivity (Wildman–Crippen MR) is 130 cm³/mol. The van der Waals surface area contributed by atoms with E-state index in [1.165, 1.54) is 12.8 Å². The smallest absolute Gasteiger partial charge is 0.287 e. The van der Waals surface area contributed by atoms with Gasteiger partial charge in [-0.15, -0.1) is 15.7 Å². The van der Waals surface area contributed by atoms with Crippen LogP contribution in [-0.2, 0) is 36.2 Å². The first-order chi connectivity index (χ1) is 16.5. The molecule has 1 saturated heterocycles. The summed E-state index contributed by atoms with van der Waals surface area (Å²) in [5.74, 6) is -0.983. The van der Waals surface area contributed by atoms with Crippen molar-refractivity contribution in [3.8, 4) is 0 Å². The lowest BCUT2D eigenvalue weighted by molar-refractivity contribution is -0.152. The molecule has 3 aliphatic carbocycles. The molecular weight excluding hydrogens is 512 g/mol. The van der Waals surface area contributed by atoms with Crippen LogP contribution in [0.2, 0.25) is 0 Å². The molecule has 0 radical (unpaired) electrons. The van der Waals surface area contributed by atoms with Gasteiger partial charge in [-0.3, -0.25) is 9.59 Å². The summed E-state index contributed by atoms with van der Waals surface area (Å²) in [7, 11) is -7.75. The first-order valence-corrected chi connectivity index (χ1v) is 16.3. The van der Waals surface area contributed by atoms with Gasteiger partial charge >= 0.3 is 0 Å². The first-order valence-electron chi connectivity index (χ1n) is 12.0. The monoisotopic (exact) mass is 540 g/mol. The summed E-state index contributed by atoms with van der Waals surface area (Å²) in [6, 6.07) is -0.0736. The molecule has 4 fully saturated rings. The van der Waals surface area contributed by atoms with Gasteiger partial charge in [-0.2, -0.15) is 8.42 Å². The lowest BCUT2D eigenvalue weighted by Gasteiger charge is -2.45. The number of thiophene rings is 1. The van der Waals surface area contributed by atoms with Gasteiger partial charge in [0.2, 0.25) is 15.9 Å². The minimum atomic E-state index is -4.23. The highest BCUT2D eigenvalue weighted by atomic mass is 32.2. The van der Waals surface area contributed by atoms with Gasteiger partial charge in [0.05, 0.1) is 6.26 Å². The number of likely N-dealkylation sites (tertiary alicyclic amines) is 1. The largest absolute Gasteiger partial charge is 0.338 e. The van der Waals surface area contributed by atoms with E-state index in [9.17, 15) is 26.4 Å². The molecule has 1 unspecified atom stereocenters. The lowest BCUT2D eigenvalue weighted by Crippen LogP contribution is -2.62. The number of sulfonamides is 2. The Balaban J connectivity index is 1.33. The van der Waals surface area contributed by atoms with E-state index in [4.69, 9.17) is 0 Å². The van der Waals surface area contributed by atoms with Crippen molar-refractivity contribution in [1.82, 2.24) is 9.62 Å². The van der Waals surface area contributed by atoms with E-state index < -0.39 is 26.0 Å². The van der Waals surface area contributed by atoms with Crippen LogP contribution < -0.4 is 10.0 Å². The molecule has 10 nitrogen and oxygen atoms in total. The van der Waals surface area contributed by atoms with Crippen molar-refractivity contribution in [3.63, 3.8) is 0 Å². The molecule has 0 aromatic carbocycles. The summed E-state index contributed by atoms with van der Waals surface area (Å²) in [4.78, 5) is 29.2. The fourth-order valence-electron chi connectivity index (χ4n) is 6.50. The van der Waals surface area contributed by atoms with Crippen LogP contribution >= 0.6 is 11.3 Å². The number of anilines is 1. The van der Waals surface area contributed by atoms with E-state index in [-0.39, 0.29) is 57.4 Å². The topological polar surface area (TPSA) is 142 Å². The summed E-state index contributed by atoms with van der Waals surface area (Å²) in [6.45, 7) is 0.406. The predicted octanol–water partition coefficient (Wildman–Crippen LogP) is 1.55. The van der Waals surface area contributed by atoms with Gasteiger partial charge in [-0.05, 0) is 48.8 Å². The third kappa shape index (κ3) is 4.04. The van der Waals surface area contributed by atoms with E-state index in [2.05, 4.69) is 14.4 Å². The van der Waals surface area contributed by atoms with Crippen molar-refractivity contribution in [2.24, 2.45) is 34.0 Å². The maximum absolute atomic E-state index is 13.7. The summed E-state index contributed by atoms with van der Waals surface area (Å²) in [5, 5.41) is 4.76. The number of amidine groups is 1. The zero-order chi connectivity index (χ0) is 24.7. The zero-order valence-corrected chi connectivity index (χ0v) is 21.7. The average molecular weight is 541 g/mol. The van der Waals surface area contributed by atoms with Crippen molar-refractivity contribution < 1.29 is 26.4 Å². The van der Waals surface area contributed by atoms with E-state index >= 15 is 0 Å². The molecule has 3 heterocycles. The Morgan fingerprint density at radius 2 is 1.94 bits per heavy atom. The Labute approximate surface area is 208 Å². The third-order valence-electron chi connectivity index (χ3n) is 8.18. The van der Waals surface area contributed by atoms with Crippen molar-refractivity contribution >= 4 is 53.9 Å². The standard InChI is InChI=1S/C22H28N4O6S3/c1-34(29,30)23-9-14-10-33-21-19(14)35(31,32)25-20(24-21)16-18(27)15-12-4-5-13(8-12)17(15)26(22(16)28)7-6-11-2-3-11/h10-13,15-17,23H,2-9H2,1H3,(H,24,25)/t12-,13+,15+,16?,17-/m0/s1. The van der Waals surface area contributed by atoms with E-state index in [1.54, 1.807) is 5.38 Å². The number of fused-ring (bicyclic) bond motifs is 6. The van der Waals surface area contributed by atoms with E-state index in [0.717, 1.165) is 43.3 Å². The van der Waals surface area contributed by atoms with E-state index in [0.29, 0.717) is 18.4 Å². The Bertz CT molecular complexity index is 1350. The molecule has 5 aliphatic rings. The van der Waals surface area contributed by atoms with Crippen LogP contribution in [0.3, 0.4) is 0 Å². The molecule has 2 aliphatic heterocycles. The molecule has 1 aromatic heterocycles. The molecular formula is C22H28N4O6S3. The molecule has 1 aromatic rings. The van der Waals surface area contributed by atoms with Crippen LogP contribution in [0.5, 0.6) is 0 Å². The molecule has 13 heteroatoms. The number of carbonyl (C=O) groups excluding carboxylic acids is 2. The van der Waals surface area contributed by atoms with Gasteiger partial charge in [0.15, 0.2) is 11.7 Å². The van der Waals surface area contributed by atoms with Crippen LogP contribution in [0.15, 0.2) is 14.7 Å². The number of hydrogen-bond acceptors (Lipinski definition) is 8. The number of nitrogens with zero attached hydrogens (tertiary/aromatic N) is 2. The summed E-state index contributed by atoms with van der Waals surface area (Å²) in [6.07, 6.45) is 7.21. The molecule has 5 atom stereocenters. The van der Waals surface area contributed by atoms with Crippen molar-refractivity contribution in [3.05, 3.63) is 10.9 Å². The Morgan fingerprint density at radius 3 is 2.66 bits per heavy atom. The van der Waals surface area contributed by atoms with Gasteiger partial charge in [0.25, 0.3) is 10.0 Å². The lowest BCUT2D eigenvalue weighted by atomic mass is 9.73. The van der Waals surface area contributed by atoms with Gasteiger partial charge in [0, 0.05) is 30.6 Å². The first kappa shape index (κ1) is 23.6. The second kappa shape index (κ2) is 8.09. The summed E-state index contributed by atoms with van der Waals surface area (Å²) < 4.78 is 55.5. The Morgan fingerprint density at radius 1 is 1.20 bits per heavy atom. The fraction of sp³-hybridized carbons (Fsp3) is 0.682. The molecule has 35 heavy (non-hydrogen) atoms. The molecule has 0 spiro atoms. The van der Waals surface area contributed by atoms with Crippen LogP contribution in [0.4, 0.5) is 5.00 Å². The number of amides is 1. The minimum Gasteiger partial charge on any atom is -0.338 e. The van der Waals surface area contributed by atoms with Crippen molar-refractivity contribution in [2.45, 2.75) is 56.0 Å². The maximum atomic E-state index is 13.7. The van der Waals surface area contributed by atoms with Crippen LogP contribution in [0, 0.1) is 29.6 Å². The number of rotatable bonds is 7. The highest BCUT2D eigenvalue weighted by Gasteiger charge is 2.60. The molecule has 6 rings (SSSR count). The van der Waals surface area contributed by atoms with Crippen LogP contribution in [-0.4, -0.2) is 58.1 Å². The zero-order valence-electron chi connectivity index (χ0n) is 19.3. The Kier molecular flexibility index (Phi) is 5.44. The molecule has 3 saturated carbocycles. The van der Waals surface area contributed by atoms with Crippen LogP contribution in [0.1, 0.15) is 44.1 Å². The number of hydrogen-bond donors (Lipinski definition) is 2. The number of piperidine rings is 1. The summed E-state index contributed by atoms with van der Waals surface area (Å²) >= 11 is 1.09. The minimum absolute atomic E-state index is 0.0736. The van der Waals surface area contributed by atoms with Gasteiger partial charge in [0.1, 0.15) is 15.7 Å². The third-order valence-corrected chi connectivity index (χ3v) is 11.3. The second-order valence-corrected chi connectivity index (χ2v) is 14.8. The highest BCUT2D eigenvalue weighted by Crippen LogP contribution is 2.54. The normalized spacial score (nSPS) is 33.3. The number of ketones is 1. The second-order valence-electron chi connectivity index (χ2n) is 10.5. The van der Waals surface area contributed by atoms with Gasteiger partial charge < -0.3 is 10.2 Å².